The Morgan fingerprint density at radius 1 is 1.00 bits per heavy atom. The number of carbonyl (C=O) groups excluding carboxylic acids is 2. The fourth-order valence-corrected chi connectivity index (χ4v) is 2.76. The van der Waals surface area contributed by atoms with E-state index in [9.17, 15) is 19.7 Å². The maximum absolute atomic E-state index is 12.4. The van der Waals surface area contributed by atoms with Gasteiger partial charge in [-0.05, 0) is 30.3 Å². The van der Waals surface area contributed by atoms with Gasteiger partial charge in [0.2, 0.25) is 11.6 Å². The summed E-state index contributed by atoms with van der Waals surface area (Å²) in [5.41, 5.74) is 9.20. The highest BCUT2D eigenvalue weighted by Crippen LogP contribution is 2.28. The predicted molar refractivity (Wildman–Crippen MR) is 115 cm³/mol. The second-order valence-electron chi connectivity index (χ2n) is 6.05. The molecule has 0 aliphatic rings. The number of ether oxygens (including phenoxy) is 1. The molecule has 3 rings (SSSR count). The molecular weight excluding hydrogens is 442 g/mol. The molecule has 32 heavy (non-hydrogen) atoms. The summed E-state index contributed by atoms with van der Waals surface area (Å²) in [7, 11) is 1.41. The average Bonchev–Trinajstić information content (AvgIpc) is 2.80. The molecule has 0 fully saturated rings. The Morgan fingerprint density at radius 3 is 2.28 bits per heavy atom. The lowest BCUT2D eigenvalue weighted by Gasteiger charge is -2.12. The summed E-state index contributed by atoms with van der Waals surface area (Å²) in [6.45, 7) is 0. The Labute approximate surface area is 186 Å². The molecule has 0 saturated carbocycles. The second-order valence-corrected chi connectivity index (χ2v) is 6.48. The first-order valence-electron chi connectivity index (χ1n) is 8.91. The summed E-state index contributed by atoms with van der Waals surface area (Å²) in [5, 5.41) is 11.9. The van der Waals surface area contributed by atoms with Crippen molar-refractivity contribution in [1.82, 2.24) is 20.8 Å². The van der Waals surface area contributed by atoms with Crippen LogP contribution in [0.5, 0.6) is 5.75 Å². The molecule has 1 aromatic heterocycles. The van der Waals surface area contributed by atoms with Gasteiger partial charge in [-0.2, -0.15) is 0 Å². The summed E-state index contributed by atoms with van der Waals surface area (Å²) in [6, 6.07) is 12.5. The summed E-state index contributed by atoms with van der Waals surface area (Å²) in [4.78, 5) is 43.0. The van der Waals surface area contributed by atoms with Crippen LogP contribution in [0.2, 0.25) is 5.02 Å². The monoisotopic (exact) mass is 457 g/mol. The van der Waals surface area contributed by atoms with Crippen molar-refractivity contribution in [2.45, 2.75) is 0 Å². The van der Waals surface area contributed by atoms with E-state index in [0.717, 1.165) is 6.33 Å². The second kappa shape index (κ2) is 10.0. The maximum atomic E-state index is 12.4. The number of aromatic nitrogens is 2. The zero-order chi connectivity index (χ0) is 23.1. The van der Waals surface area contributed by atoms with Gasteiger partial charge >= 0.3 is 5.69 Å². The van der Waals surface area contributed by atoms with E-state index in [-0.39, 0.29) is 22.8 Å². The van der Waals surface area contributed by atoms with Gasteiger partial charge in [-0.15, -0.1) is 0 Å². The number of para-hydroxylation sites is 1. The molecule has 0 spiro atoms. The van der Waals surface area contributed by atoms with Gasteiger partial charge in [-0.1, -0.05) is 29.8 Å². The van der Waals surface area contributed by atoms with Crippen LogP contribution in [0.3, 0.4) is 0 Å². The van der Waals surface area contributed by atoms with Gasteiger partial charge in [-0.3, -0.25) is 41.4 Å². The lowest BCUT2D eigenvalue weighted by molar-refractivity contribution is -0.383. The van der Waals surface area contributed by atoms with Crippen molar-refractivity contribution in [3.05, 3.63) is 81.1 Å². The molecule has 2 aromatic carbocycles. The molecule has 0 bridgehead atoms. The van der Waals surface area contributed by atoms with Crippen LogP contribution < -0.4 is 26.4 Å². The number of anilines is 2. The quantitative estimate of drug-likeness (QED) is 0.294. The number of nitro groups is 1. The third-order valence-electron chi connectivity index (χ3n) is 4.03. The molecule has 0 aliphatic heterocycles. The van der Waals surface area contributed by atoms with Gasteiger partial charge in [0, 0.05) is 10.6 Å². The van der Waals surface area contributed by atoms with E-state index in [4.69, 9.17) is 16.3 Å². The largest absolute Gasteiger partial charge is 0.496 e. The lowest BCUT2D eigenvalue weighted by atomic mass is 10.2. The minimum absolute atomic E-state index is 0.200. The molecule has 0 radical (unpaired) electrons. The molecule has 0 aliphatic carbocycles. The first kappa shape index (κ1) is 22.2. The molecule has 0 unspecified atom stereocenters. The van der Waals surface area contributed by atoms with Gasteiger partial charge in [0.05, 0.1) is 17.6 Å². The third kappa shape index (κ3) is 5.17. The van der Waals surface area contributed by atoms with E-state index in [1.165, 1.54) is 25.3 Å². The molecule has 3 aromatic rings. The molecule has 1 heterocycles. The smallest absolute Gasteiger partial charge is 0.356 e. The number of amides is 2. The van der Waals surface area contributed by atoms with Crippen molar-refractivity contribution in [2.24, 2.45) is 0 Å². The number of hydrazine groups is 2. The Morgan fingerprint density at radius 2 is 1.66 bits per heavy atom. The van der Waals surface area contributed by atoms with Crippen LogP contribution in [-0.2, 0) is 0 Å². The number of benzene rings is 2. The van der Waals surface area contributed by atoms with Crippen molar-refractivity contribution in [3.63, 3.8) is 0 Å². The number of nitrogens with one attached hydrogen (secondary N) is 4. The number of carbonyl (C=O) groups is 2. The van der Waals surface area contributed by atoms with E-state index in [1.807, 2.05) is 0 Å². The van der Waals surface area contributed by atoms with Gasteiger partial charge in [0.1, 0.15) is 12.1 Å². The molecule has 0 saturated heterocycles. The predicted octanol–water partition coefficient (Wildman–Crippen LogP) is 2.56. The average molecular weight is 458 g/mol. The number of nitrogens with zero attached hydrogens (tertiary/aromatic N) is 3. The standard InChI is InChI=1S/C19H16ClN7O5/c1-32-14-8-3-2-7-13(14)19(29)26-24-17-15(27(30)31)16(21-10-22-17)23-25-18(28)11-5-4-6-12(20)9-11/h2-10H,1H3,(H,25,28)(H,26,29)(H2,21,22,23,24). The zero-order valence-electron chi connectivity index (χ0n) is 16.5. The van der Waals surface area contributed by atoms with Crippen molar-refractivity contribution in [1.29, 1.82) is 0 Å². The molecule has 4 N–H and O–H groups in total. The van der Waals surface area contributed by atoms with Crippen LogP contribution >= 0.6 is 11.6 Å². The number of rotatable bonds is 8. The summed E-state index contributed by atoms with van der Waals surface area (Å²) in [5.74, 6) is -1.52. The number of methoxy groups -OCH3 is 1. The van der Waals surface area contributed by atoms with E-state index in [1.54, 1.807) is 30.3 Å². The van der Waals surface area contributed by atoms with Crippen LogP contribution in [0, 0.1) is 10.1 Å². The van der Waals surface area contributed by atoms with Crippen LogP contribution in [0.4, 0.5) is 17.3 Å². The van der Waals surface area contributed by atoms with Crippen molar-refractivity contribution in [2.75, 3.05) is 18.0 Å². The lowest BCUT2D eigenvalue weighted by Crippen LogP contribution is -2.32. The normalized spacial score (nSPS) is 10.1. The van der Waals surface area contributed by atoms with Crippen LogP contribution in [-0.4, -0.2) is 33.8 Å². The Bertz CT molecular complexity index is 1170. The first-order chi connectivity index (χ1) is 15.4. The number of hydrogen-bond donors (Lipinski definition) is 4. The number of hydrogen-bond acceptors (Lipinski definition) is 9. The van der Waals surface area contributed by atoms with Gasteiger partial charge in [0.25, 0.3) is 11.8 Å². The molecule has 2 amide bonds. The van der Waals surface area contributed by atoms with Crippen LogP contribution in [0.1, 0.15) is 20.7 Å². The molecular formula is C19H16ClN7O5. The Hall–Kier alpha value is -4.45. The van der Waals surface area contributed by atoms with Crippen molar-refractivity contribution < 1.29 is 19.2 Å². The SMILES string of the molecule is COc1ccccc1C(=O)NNc1ncnc(NNC(=O)c2cccc(Cl)c2)c1[N+](=O)[O-]. The summed E-state index contributed by atoms with van der Waals surface area (Å²) >= 11 is 5.86. The van der Waals surface area contributed by atoms with E-state index < -0.39 is 22.4 Å². The van der Waals surface area contributed by atoms with E-state index in [2.05, 4.69) is 31.7 Å². The highest BCUT2D eigenvalue weighted by atomic mass is 35.5. The molecule has 12 nitrogen and oxygen atoms in total. The topological polar surface area (TPSA) is 160 Å². The van der Waals surface area contributed by atoms with Gasteiger partial charge in [0.15, 0.2) is 0 Å². The highest BCUT2D eigenvalue weighted by Gasteiger charge is 2.24. The zero-order valence-corrected chi connectivity index (χ0v) is 17.2. The highest BCUT2D eigenvalue weighted by molar-refractivity contribution is 6.31. The van der Waals surface area contributed by atoms with Crippen LogP contribution in [0.15, 0.2) is 54.9 Å². The molecule has 13 heteroatoms. The van der Waals surface area contributed by atoms with Crippen molar-refractivity contribution >= 4 is 40.7 Å². The fourth-order valence-electron chi connectivity index (χ4n) is 2.57. The maximum Gasteiger partial charge on any atom is 0.356 e. The summed E-state index contributed by atoms with van der Waals surface area (Å²) in [6.07, 6.45) is 1.01. The minimum Gasteiger partial charge on any atom is -0.496 e. The minimum atomic E-state index is -0.772. The first-order valence-corrected chi connectivity index (χ1v) is 9.29. The van der Waals surface area contributed by atoms with Gasteiger partial charge < -0.3 is 4.74 Å². The fraction of sp³-hybridized carbons (Fsp3) is 0.0526. The number of halogens is 1. The van der Waals surface area contributed by atoms with Gasteiger partial charge in [-0.25, -0.2) is 9.97 Å². The third-order valence-corrected chi connectivity index (χ3v) is 4.27. The molecule has 164 valence electrons. The molecule has 0 atom stereocenters. The van der Waals surface area contributed by atoms with E-state index >= 15 is 0 Å². The Kier molecular flexibility index (Phi) is 6.98. The van der Waals surface area contributed by atoms with Crippen molar-refractivity contribution in [3.8, 4) is 5.75 Å². The van der Waals surface area contributed by atoms with E-state index in [0.29, 0.717) is 10.8 Å². The summed E-state index contributed by atoms with van der Waals surface area (Å²) < 4.78 is 5.12. The van der Waals surface area contributed by atoms with Crippen LogP contribution in [0.25, 0.3) is 0 Å². The Balaban J connectivity index is 1.75.